The standard InChI is InChI=1S/C18H19FN2O2/c19-15-4-2-1-3-14(15)12-7-8-13(9-12)21-18(22)16-17(11-5-6-11)23-10-20-16/h1-4,10-13H,5-9H2,(H,21,22)/t12-,13+/m1/s1. The molecular weight excluding hydrogens is 295 g/mol. The Labute approximate surface area is 134 Å². The van der Waals surface area contributed by atoms with Crippen LogP contribution in [-0.4, -0.2) is 16.9 Å². The van der Waals surface area contributed by atoms with Gasteiger partial charge in [0.15, 0.2) is 12.1 Å². The summed E-state index contributed by atoms with van der Waals surface area (Å²) < 4.78 is 19.3. The van der Waals surface area contributed by atoms with Gasteiger partial charge in [-0.1, -0.05) is 18.2 Å². The molecule has 2 saturated carbocycles. The molecule has 2 aliphatic carbocycles. The quantitative estimate of drug-likeness (QED) is 0.935. The SMILES string of the molecule is O=C(N[C@H]1CC[C@@H](c2ccccc2F)C1)c1ncoc1C1CC1. The fraction of sp³-hybridized carbons (Fsp3) is 0.444. The minimum atomic E-state index is -0.167. The Morgan fingerprint density at radius 2 is 1.96 bits per heavy atom. The van der Waals surface area contributed by atoms with Crippen LogP contribution in [0.2, 0.25) is 0 Å². The molecule has 2 fully saturated rings. The molecule has 4 nitrogen and oxygen atoms in total. The fourth-order valence-corrected chi connectivity index (χ4v) is 3.52. The van der Waals surface area contributed by atoms with Gasteiger partial charge in [-0.15, -0.1) is 0 Å². The molecule has 2 atom stereocenters. The zero-order valence-corrected chi connectivity index (χ0v) is 12.8. The van der Waals surface area contributed by atoms with Crippen molar-refractivity contribution in [3.63, 3.8) is 0 Å². The molecule has 120 valence electrons. The van der Waals surface area contributed by atoms with Crippen molar-refractivity contribution in [2.75, 3.05) is 0 Å². The van der Waals surface area contributed by atoms with Gasteiger partial charge < -0.3 is 9.73 Å². The number of hydrogen-bond donors (Lipinski definition) is 1. The average Bonchev–Trinajstić information content (AvgIpc) is 3.09. The Kier molecular flexibility index (Phi) is 3.63. The molecule has 0 saturated heterocycles. The zero-order valence-electron chi connectivity index (χ0n) is 12.8. The lowest BCUT2D eigenvalue weighted by molar-refractivity contribution is 0.0931. The van der Waals surface area contributed by atoms with Crippen LogP contribution in [0.1, 0.15) is 65.8 Å². The predicted molar refractivity (Wildman–Crippen MR) is 82.7 cm³/mol. The molecule has 1 heterocycles. The van der Waals surface area contributed by atoms with Crippen LogP contribution in [0.15, 0.2) is 35.1 Å². The number of hydrogen-bond acceptors (Lipinski definition) is 3. The number of nitrogens with zero attached hydrogens (tertiary/aromatic N) is 1. The molecule has 1 N–H and O–H groups in total. The van der Waals surface area contributed by atoms with Gasteiger partial charge in [0, 0.05) is 12.0 Å². The first-order valence-electron chi connectivity index (χ1n) is 8.21. The summed E-state index contributed by atoms with van der Waals surface area (Å²) in [5.74, 6) is 0.915. The summed E-state index contributed by atoms with van der Waals surface area (Å²) in [7, 11) is 0. The lowest BCUT2D eigenvalue weighted by Gasteiger charge is -2.14. The van der Waals surface area contributed by atoms with Crippen LogP contribution in [0.3, 0.4) is 0 Å². The first-order chi connectivity index (χ1) is 11.2. The molecule has 0 aliphatic heterocycles. The summed E-state index contributed by atoms with van der Waals surface area (Å²) >= 11 is 0. The van der Waals surface area contributed by atoms with E-state index in [-0.39, 0.29) is 23.7 Å². The van der Waals surface area contributed by atoms with Crippen molar-refractivity contribution in [1.82, 2.24) is 10.3 Å². The Morgan fingerprint density at radius 1 is 1.17 bits per heavy atom. The molecule has 2 aromatic rings. The van der Waals surface area contributed by atoms with Gasteiger partial charge in [0.1, 0.15) is 11.6 Å². The highest BCUT2D eigenvalue weighted by molar-refractivity contribution is 5.93. The third kappa shape index (κ3) is 2.87. The van der Waals surface area contributed by atoms with Gasteiger partial charge in [-0.3, -0.25) is 4.79 Å². The summed E-state index contributed by atoms with van der Waals surface area (Å²) in [5.41, 5.74) is 1.17. The van der Waals surface area contributed by atoms with E-state index in [1.807, 2.05) is 12.1 Å². The number of amides is 1. The highest BCUT2D eigenvalue weighted by Gasteiger charge is 2.34. The predicted octanol–water partition coefficient (Wildman–Crippen LogP) is 3.76. The van der Waals surface area contributed by atoms with Gasteiger partial charge in [-0.25, -0.2) is 9.37 Å². The van der Waals surface area contributed by atoms with Crippen LogP contribution in [-0.2, 0) is 0 Å². The maximum atomic E-state index is 13.9. The summed E-state index contributed by atoms with van der Waals surface area (Å²) in [5, 5.41) is 3.04. The monoisotopic (exact) mass is 314 g/mol. The van der Waals surface area contributed by atoms with E-state index in [4.69, 9.17) is 4.42 Å². The topological polar surface area (TPSA) is 55.1 Å². The van der Waals surface area contributed by atoms with Crippen molar-refractivity contribution in [1.29, 1.82) is 0 Å². The van der Waals surface area contributed by atoms with Gasteiger partial charge in [0.05, 0.1) is 0 Å². The second-order valence-corrected chi connectivity index (χ2v) is 6.54. The number of halogens is 1. The van der Waals surface area contributed by atoms with E-state index < -0.39 is 0 Å². The molecule has 1 amide bonds. The van der Waals surface area contributed by atoms with Crippen molar-refractivity contribution in [2.45, 2.75) is 50.0 Å². The van der Waals surface area contributed by atoms with Gasteiger partial charge in [0.2, 0.25) is 0 Å². The van der Waals surface area contributed by atoms with Crippen molar-refractivity contribution in [3.05, 3.63) is 53.5 Å². The smallest absolute Gasteiger partial charge is 0.273 e. The van der Waals surface area contributed by atoms with E-state index in [0.29, 0.717) is 17.4 Å². The van der Waals surface area contributed by atoms with Crippen LogP contribution in [0.5, 0.6) is 0 Å². The molecule has 0 unspecified atom stereocenters. The first kappa shape index (κ1) is 14.4. The molecule has 5 heteroatoms. The highest BCUT2D eigenvalue weighted by Crippen LogP contribution is 2.41. The first-order valence-corrected chi connectivity index (χ1v) is 8.21. The highest BCUT2D eigenvalue weighted by atomic mass is 19.1. The number of aromatic nitrogens is 1. The number of carbonyl (C=O) groups excluding carboxylic acids is 1. The summed E-state index contributed by atoms with van der Waals surface area (Å²) in [6.07, 6.45) is 5.99. The third-order valence-electron chi connectivity index (χ3n) is 4.87. The van der Waals surface area contributed by atoms with E-state index in [9.17, 15) is 9.18 Å². The average molecular weight is 314 g/mol. The summed E-state index contributed by atoms with van der Waals surface area (Å²) in [4.78, 5) is 16.5. The Morgan fingerprint density at radius 3 is 2.74 bits per heavy atom. The van der Waals surface area contributed by atoms with E-state index in [0.717, 1.165) is 37.7 Å². The second kappa shape index (κ2) is 5.80. The molecular formula is C18H19FN2O2. The molecule has 4 rings (SSSR count). The number of oxazole rings is 1. The maximum absolute atomic E-state index is 13.9. The number of nitrogens with one attached hydrogen (secondary N) is 1. The van der Waals surface area contributed by atoms with Crippen LogP contribution in [0, 0.1) is 5.82 Å². The van der Waals surface area contributed by atoms with Crippen molar-refractivity contribution in [3.8, 4) is 0 Å². The van der Waals surface area contributed by atoms with Crippen LogP contribution < -0.4 is 5.32 Å². The number of rotatable bonds is 4. The fourth-order valence-electron chi connectivity index (χ4n) is 3.52. The van der Waals surface area contributed by atoms with E-state index >= 15 is 0 Å². The molecule has 23 heavy (non-hydrogen) atoms. The maximum Gasteiger partial charge on any atom is 0.273 e. The normalized spacial score (nSPS) is 23.9. The number of carbonyl (C=O) groups is 1. The second-order valence-electron chi connectivity index (χ2n) is 6.54. The molecule has 0 spiro atoms. The van der Waals surface area contributed by atoms with Crippen LogP contribution in [0.25, 0.3) is 0 Å². The van der Waals surface area contributed by atoms with Crippen molar-refractivity contribution in [2.24, 2.45) is 0 Å². The van der Waals surface area contributed by atoms with Gasteiger partial charge >= 0.3 is 0 Å². The summed E-state index contributed by atoms with van der Waals surface area (Å²) in [6.45, 7) is 0. The molecule has 1 aromatic carbocycles. The Bertz CT molecular complexity index is 723. The van der Waals surface area contributed by atoms with Crippen LogP contribution >= 0.6 is 0 Å². The van der Waals surface area contributed by atoms with E-state index in [2.05, 4.69) is 10.3 Å². The number of benzene rings is 1. The van der Waals surface area contributed by atoms with Gasteiger partial charge in [0.25, 0.3) is 5.91 Å². The Balaban J connectivity index is 1.41. The Hall–Kier alpha value is -2.17. The molecule has 2 aliphatic rings. The lowest BCUT2D eigenvalue weighted by Crippen LogP contribution is -2.33. The minimum Gasteiger partial charge on any atom is -0.447 e. The molecule has 0 radical (unpaired) electrons. The van der Waals surface area contributed by atoms with E-state index in [1.165, 1.54) is 12.5 Å². The van der Waals surface area contributed by atoms with E-state index in [1.54, 1.807) is 6.07 Å². The third-order valence-corrected chi connectivity index (χ3v) is 4.87. The van der Waals surface area contributed by atoms with Gasteiger partial charge in [-0.05, 0) is 49.7 Å². The van der Waals surface area contributed by atoms with Gasteiger partial charge in [-0.2, -0.15) is 0 Å². The lowest BCUT2D eigenvalue weighted by atomic mass is 9.97. The zero-order chi connectivity index (χ0) is 15.8. The molecule has 1 aromatic heterocycles. The minimum absolute atomic E-state index is 0.0656. The summed E-state index contributed by atoms with van der Waals surface area (Å²) in [6, 6.07) is 6.97. The largest absolute Gasteiger partial charge is 0.447 e. The van der Waals surface area contributed by atoms with Crippen LogP contribution in [0.4, 0.5) is 4.39 Å². The van der Waals surface area contributed by atoms with Crippen molar-refractivity contribution >= 4 is 5.91 Å². The molecule has 0 bridgehead atoms. The van der Waals surface area contributed by atoms with Crippen molar-refractivity contribution < 1.29 is 13.6 Å².